The highest BCUT2D eigenvalue weighted by atomic mass is 32.1. The summed E-state index contributed by atoms with van der Waals surface area (Å²) in [5.74, 6) is 0.397. The highest BCUT2D eigenvalue weighted by Gasteiger charge is 2.54. The summed E-state index contributed by atoms with van der Waals surface area (Å²) in [6.45, 7) is -0.184. The largest absolute Gasteiger partial charge is 0.454 e. The highest BCUT2D eigenvalue weighted by Crippen LogP contribution is 2.42. The van der Waals surface area contributed by atoms with Gasteiger partial charge < -0.3 is 14.8 Å². The molecule has 1 fully saturated rings. The molecule has 1 saturated heterocycles. The van der Waals surface area contributed by atoms with E-state index in [-0.39, 0.29) is 25.0 Å². The van der Waals surface area contributed by atoms with Crippen LogP contribution in [0.15, 0.2) is 29.6 Å². The van der Waals surface area contributed by atoms with Gasteiger partial charge >= 0.3 is 6.03 Å². The third kappa shape index (κ3) is 2.36. The van der Waals surface area contributed by atoms with Gasteiger partial charge in [0.25, 0.3) is 5.91 Å². The lowest BCUT2D eigenvalue weighted by Gasteiger charge is -2.31. The first-order chi connectivity index (χ1) is 13.1. The first-order valence-electron chi connectivity index (χ1n) is 8.72. The molecule has 5 rings (SSSR count). The molecular formula is C19H16N2O5S. The molecule has 1 atom stereocenters. The minimum atomic E-state index is -1.03. The summed E-state index contributed by atoms with van der Waals surface area (Å²) in [5, 5.41) is 4.80. The Labute approximate surface area is 158 Å². The van der Waals surface area contributed by atoms with Gasteiger partial charge in [-0.2, -0.15) is 0 Å². The molecule has 0 radical (unpaired) electrons. The second-order valence-electron chi connectivity index (χ2n) is 6.83. The number of nitrogens with zero attached hydrogens (tertiary/aromatic N) is 1. The number of amides is 3. The molecule has 8 heteroatoms. The van der Waals surface area contributed by atoms with E-state index in [1.165, 1.54) is 0 Å². The molecule has 0 bridgehead atoms. The van der Waals surface area contributed by atoms with Crippen LogP contribution in [0.4, 0.5) is 4.79 Å². The standard InChI is InChI=1S/C19H16N2O5S/c22-13(11-3-4-14-15(8-11)26-10-25-14)9-21-17(23)19(20-18(21)24)6-1-2-16-12(19)5-7-27-16/h3-5,7-8H,1-2,6,9-10H2,(H,20,24)/t19-/m1/s1. The van der Waals surface area contributed by atoms with E-state index in [1.54, 1.807) is 29.5 Å². The zero-order valence-electron chi connectivity index (χ0n) is 14.3. The van der Waals surface area contributed by atoms with Crippen LogP contribution in [-0.2, 0) is 16.8 Å². The van der Waals surface area contributed by atoms with Crippen molar-refractivity contribution in [2.45, 2.75) is 24.8 Å². The van der Waals surface area contributed by atoms with E-state index >= 15 is 0 Å². The number of Topliss-reactive ketones (excluding diaryl/α,β-unsaturated/α-hetero) is 1. The molecule has 0 saturated carbocycles. The number of carbonyl (C=O) groups excluding carboxylic acids is 3. The smallest absolute Gasteiger partial charge is 0.325 e. The predicted octanol–water partition coefficient (Wildman–Crippen LogP) is 2.44. The number of fused-ring (bicyclic) bond motifs is 3. The summed E-state index contributed by atoms with van der Waals surface area (Å²) >= 11 is 1.60. The maximum absolute atomic E-state index is 13.2. The van der Waals surface area contributed by atoms with Gasteiger partial charge in [0.05, 0.1) is 6.54 Å². The normalized spacial score (nSPS) is 22.9. The summed E-state index contributed by atoms with van der Waals surface area (Å²) in [4.78, 5) is 40.5. The van der Waals surface area contributed by atoms with E-state index in [2.05, 4.69) is 5.32 Å². The molecule has 1 aromatic carbocycles. The average Bonchev–Trinajstić information content (AvgIpc) is 3.37. The number of carbonyl (C=O) groups is 3. The monoisotopic (exact) mass is 384 g/mol. The Morgan fingerprint density at radius 2 is 2.07 bits per heavy atom. The van der Waals surface area contributed by atoms with Crippen molar-refractivity contribution in [3.63, 3.8) is 0 Å². The van der Waals surface area contributed by atoms with E-state index in [9.17, 15) is 14.4 Å². The maximum Gasteiger partial charge on any atom is 0.325 e. The third-order valence-corrected chi connectivity index (χ3v) is 6.31. The fraction of sp³-hybridized carbons (Fsp3) is 0.316. The van der Waals surface area contributed by atoms with Crippen LogP contribution < -0.4 is 14.8 Å². The van der Waals surface area contributed by atoms with Crippen molar-refractivity contribution in [2.75, 3.05) is 13.3 Å². The van der Waals surface area contributed by atoms with Crippen LogP contribution in [0.2, 0.25) is 0 Å². The molecule has 2 aliphatic heterocycles. The van der Waals surface area contributed by atoms with Gasteiger partial charge in [0.1, 0.15) is 5.54 Å². The molecule has 27 heavy (non-hydrogen) atoms. The number of ether oxygens (including phenoxy) is 2. The van der Waals surface area contributed by atoms with Crippen molar-refractivity contribution in [2.24, 2.45) is 0 Å². The number of nitrogens with one attached hydrogen (secondary N) is 1. The van der Waals surface area contributed by atoms with E-state index in [0.717, 1.165) is 28.2 Å². The lowest BCUT2D eigenvalue weighted by Crippen LogP contribution is -2.46. The van der Waals surface area contributed by atoms with E-state index in [4.69, 9.17) is 9.47 Å². The molecule has 3 heterocycles. The quantitative estimate of drug-likeness (QED) is 0.649. The molecule has 2 aromatic rings. The van der Waals surface area contributed by atoms with Crippen molar-refractivity contribution in [1.29, 1.82) is 0 Å². The van der Waals surface area contributed by atoms with Crippen molar-refractivity contribution in [1.82, 2.24) is 10.2 Å². The summed E-state index contributed by atoms with van der Waals surface area (Å²) in [5.41, 5.74) is 0.218. The topological polar surface area (TPSA) is 84.9 Å². The number of rotatable bonds is 3. The number of benzene rings is 1. The molecule has 1 N–H and O–H groups in total. The Bertz CT molecular complexity index is 984. The zero-order valence-corrected chi connectivity index (χ0v) is 15.1. The maximum atomic E-state index is 13.2. The summed E-state index contributed by atoms with van der Waals surface area (Å²) in [7, 11) is 0. The SMILES string of the molecule is O=C(CN1C(=O)N[C@@]2(CCCc3sccc32)C1=O)c1ccc2c(c1)OCO2. The minimum Gasteiger partial charge on any atom is -0.454 e. The fourth-order valence-electron chi connectivity index (χ4n) is 3.99. The van der Waals surface area contributed by atoms with Gasteiger partial charge in [-0.3, -0.25) is 14.5 Å². The molecule has 0 unspecified atom stereocenters. The van der Waals surface area contributed by atoms with Gasteiger partial charge in [-0.05, 0) is 48.9 Å². The Morgan fingerprint density at radius 1 is 1.22 bits per heavy atom. The summed E-state index contributed by atoms with van der Waals surface area (Å²) in [6.07, 6.45) is 2.29. The first-order valence-corrected chi connectivity index (χ1v) is 9.60. The molecule has 138 valence electrons. The fourth-order valence-corrected chi connectivity index (χ4v) is 4.99. The van der Waals surface area contributed by atoms with Crippen LogP contribution in [0, 0.1) is 0 Å². The second kappa shape index (κ2) is 5.82. The number of imide groups is 1. The lowest BCUT2D eigenvalue weighted by atomic mass is 9.80. The zero-order chi connectivity index (χ0) is 18.6. The van der Waals surface area contributed by atoms with Gasteiger partial charge in [0.2, 0.25) is 6.79 Å². The number of ketones is 1. The van der Waals surface area contributed by atoms with Gasteiger partial charge in [-0.15, -0.1) is 11.3 Å². The average molecular weight is 384 g/mol. The van der Waals surface area contributed by atoms with E-state index in [1.807, 2.05) is 11.4 Å². The van der Waals surface area contributed by atoms with Gasteiger partial charge in [0, 0.05) is 16.0 Å². The lowest BCUT2D eigenvalue weighted by molar-refractivity contribution is -0.131. The second-order valence-corrected chi connectivity index (χ2v) is 7.83. The van der Waals surface area contributed by atoms with Crippen LogP contribution >= 0.6 is 11.3 Å². The van der Waals surface area contributed by atoms with Crippen LogP contribution in [0.5, 0.6) is 11.5 Å². The molecule has 1 aromatic heterocycles. The van der Waals surface area contributed by atoms with E-state index < -0.39 is 11.6 Å². The molecule has 1 aliphatic carbocycles. The van der Waals surface area contributed by atoms with Crippen LogP contribution in [0.25, 0.3) is 0 Å². The Balaban J connectivity index is 1.41. The van der Waals surface area contributed by atoms with Crippen LogP contribution in [0.3, 0.4) is 0 Å². The van der Waals surface area contributed by atoms with Crippen molar-refractivity contribution >= 4 is 29.1 Å². The minimum absolute atomic E-state index is 0.117. The Morgan fingerprint density at radius 3 is 2.96 bits per heavy atom. The van der Waals surface area contributed by atoms with Crippen molar-refractivity contribution in [3.05, 3.63) is 45.6 Å². The molecule has 7 nitrogen and oxygen atoms in total. The number of thiophene rings is 1. The first kappa shape index (κ1) is 16.3. The molecule has 1 spiro atoms. The number of urea groups is 1. The van der Waals surface area contributed by atoms with Crippen molar-refractivity contribution < 1.29 is 23.9 Å². The summed E-state index contributed by atoms with van der Waals surface area (Å²) < 4.78 is 10.5. The Hall–Kier alpha value is -2.87. The summed E-state index contributed by atoms with van der Waals surface area (Å²) in [6, 6.07) is 6.23. The number of hydrogen-bond donors (Lipinski definition) is 1. The molecule has 3 aliphatic rings. The van der Waals surface area contributed by atoms with Crippen LogP contribution in [-0.4, -0.2) is 36.0 Å². The molecular weight excluding hydrogens is 368 g/mol. The van der Waals surface area contributed by atoms with Crippen molar-refractivity contribution in [3.8, 4) is 11.5 Å². The van der Waals surface area contributed by atoms with E-state index in [0.29, 0.717) is 23.5 Å². The predicted molar refractivity (Wildman–Crippen MR) is 96.1 cm³/mol. The van der Waals surface area contributed by atoms with Gasteiger partial charge in [-0.1, -0.05) is 0 Å². The van der Waals surface area contributed by atoms with Crippen LogP contribution in [0.1, 0.15) is 33.6 Å². The molecule has 3 amide bonds. The number of hydrogen-bond acceptors (Lipinski definition) is 6. The van der Waals surface area contributed by atoms with Gasteiger partial charge in [0.15, 0.2) is 17.3 Å². The Kier molecular flexibility index (Phi) is 3.51. The third-order valence-electron chi connectivity index (χ3n) is 5.33. The highest BCUT2D eigenvalue weighted by molar-refractivity contribution is 7.10. The number of aryl methyl sites for hydroxylation is 1. The van der Waals surface area contributed by atoms with Gasteiger partial charge in [-0.25, -0.2) is 4.79 Å².